The molecular weight excluding hydrogens is 196 g/mol. The Balaban J connectivity index is 2.98. The number of anilines is 1. The molecule has 5 heteroatoms. The van der Waals surface area contributed by atoms with Gasteiger partial charge in [-0.1, -0.05) is 0 Å². The van der Waals surface area contributed by atoms with E-state index in [1.807, 2.05) is 12.1 Å². The molecule has 0 aliphatic rings. The molecule has 5 nitrogen and oxygen atoms in total. The Bertz CT molecular complexity index is 303. The van der Waals surface area contributed by atoms with E-state index < -0.39 is 0 Å². The molecule has 0 fully saturated rings. The van der Waals surface area contributed by atoms with E-state index in [0.717, 1.165) is 5.56 Å². The Morgan fingerprint density at radius 1 is 1.13 bits per heavy atom. The van der Waals surface area contributed by atoms with Crippen LogP contribution in [0.1, 0.15) is 5.56 Å². The Hall–Kier alpha value is -1.46. The molecule has 1 aromatic carbocycles. The second-order valence-electron chi connectivity index (χ2n) is 2.94. The average molecular weight is 212 g/mol. The molecule has 3 N–H and O–H groups in total. The number of nitrogens with one attached hydrogen (secondary N) is 1. The van der Waals surface area contributed by atoms with Gasteiger partial charge in [0.1, 0.15) is 17.2 Å². The number of benzene rings is 1. The van der Waals surface area contributed by atoms with Gasteiger partial charge in [-0.05, 0) is 17.7 Å². The number of nitrogen functional groups attached to an aromatic ring is 1. The van der Waals surface area contributed by atoms with E-state index in [1.165, 1.54) is 0 Å². The number of hydrogen-bond donors (Lipinski definition) is 2. The van der Waals surface area contributed by atoms with E-state index in [0.29, 0.717) is 23.7 Å². The zero-order chi connectivity index (χ0) is 11.3. The van der Waals surface area contributed by atoms with Gasteiger partial charge in [-0.25, -0.2) is 0 Å². The summed E-state index contributed by atoms with van der Waals surface area (Å²) in [6.07, 6.45) is 0. The van der Waals surface area contributed by atoms with Crippen LogP contribution < -0.4 is 20.7 Å². The maximum absolute atomic E-state index is 5.80. The fourth-order valence-corrected chi connectivity index (χ4v) is 1.25. The number of nitrogens with two attached hydrogens (primary N) is 1. The molecule has 0 saturated heterocycles. The molecule has 0 atom stereocenters. The summed E-state index contributed by atoms with van der Waals surface area (Å²) in [4.78, 5) is 4.76. The van der Waals surface area contributed by atoms with Gasteiger partial charge < -0.3 is 20.0 Å². The quantitative estimate of drug-likeness (QED) is 0.561. The summed E-state index contributed by atoms with van der Waals surface area (Å²) in [5.74, 6) is 1.20. The van der Waals surface area contributed by atoms with Gasteiger partial charge in [0.2, 0.25) is 0 Å². The van der Waals surface area contributed by atoms with Crippen molar-refractivity contribution in [3.8, 4) is 11.5 Å². The van der Waals surface area contributed by atoms with Gasteiger partial charge in [-0.2, -0.15) is 5.48 Å². The van der Waals surface area contributed by atoms with Crippen LogP contribution in [0.2, 0.25) is 0 Å². The van der Waals surface area contributed by atoms with Crippen molar-refractivity contribution >= 4 is 5.69 Å². The van der Waals surface area contributed by atoms with Crippen LogP contribution in [0, 0.1) is 0 Å². The summed E-state index contributed by atoms with van der Waals surface area (Å²) in [6.45, 7) is 0.559. The van der Waals surface area contributed by atoms with Gasteiger partial charge >= 0.3 is 0 Å². The fourth-order valence-electron chi connectivity index (χ4n) is 1.25. The van der Waals surface area contributed by atoms with Crippen molar-refractivity contribution in [1.29, 1.82) is 0 Å². The first-order valence-electron chi connectivity index (χ1n) is 4.49. The molecule has 0 bridgehead atoms. The summed E-state index contributed by atoms with van der Waals surface area (Å²) in [6, 6.07) is 3.67. The molecular formula is C10H16N2O3. The Kier molecular flexibility index (Phi) is 4.20. The van der Waals surface area contributed by atoms with E-state index in [9.17, 15) is 0 Å². The summed E-state index contributed by atoms with van der Waals surface area (Å²) in [7, 11) is 4.70. The van der Waals surface area contributed by atoms with Crippen molar-refractivity contribution in [2.75, 3.05) is 27.1 Å². The van der Waals surface area contributed by atoms with Gasteiger partial charge in [-0.15, -0.1) is 0 Å². The smallest absolute Gasteiger partial charge is 0.145 e. The van der Waals surface area contributed by atoms with Crippen molar-refractivity contribution in [2.45, 2.75) is 6.54 Å². The maximum atomic E-state index is 5.80. The van der Waals surface area contributed by atoms with Crippen LogP contribution in [0.4, 0.5) is 5.69 Å². The summed E-state index contributed by atoms with van der Waals surface area (Å²) in [5, 5.41) is 0. The average Bonchev–Trinajstić information content (AvgIpc) is 2.27. The first-order chi connectivity index (χ1) is 7.22. The molecule has 84 valence electrons. The number of ether oxygens (including phenoxy) is 2. The van der Waals surface area contributed by atoms with Crippen LogP contribution in [0.15, 0.2) is 12.1 Å². The Labute approximate surface area is 89.1 Å². The molecule has 0 aromatic heterocycles. The number of hydroxylamine groups is 1. The largest absolute Gasteiger partial charge is 0.494 e. The third-order valence-corrected chi connectivity index (χ3v) is 2.02. The van der Waals surface area contributed by atoms with E-state index in [-0.39, 0.29) is 0 Å². The van der Waals surface area contributed by atoms with Gasteiger partial charge in [0, 0.05) is 6.54 Å². The zero-order valence-electron chi connectivity index (χ0n) is 9.16. The van der Waals surface area contributed by atoms with Gasteiger partial charge in [0.25, 0.3) is 0 Å². The SMILES string of the molecule is CONCc1cc(OC)c(N)c(OC)c1. The molecule has 0 spiro atoms. The summed E-state index contributed by atoms with van der Waals surface area (Å²) >= 11 is 0. The van der Waals surface area contributed by atoms with Crippen molar-refractivity contribution in [3.05, 3.63) is 17.7 Å². The van der Waals surface area contributed by atoms with Gasteiger partial charge in [0.05, 0.1) is 21.3 Å². The van der Waals surface area contributed by atoms with Gasteiger partial charge in [0.15, 0.2) is 0 Å². The van der Waals surface area contributed by atoms with E-state index >= 15 is 0 Å². The van der Waals surface area contributed by atoms with Gasteiger partial charge in [-0.3, -0.25) is 0 Å². The molecule has 0 saturated carbocycles. The van der Waals surface area contributed by atoms with Crippen LogP contribution in [-0.4, -0.2) is 21.3 Å². The third kappa shape index (κ3) is 2.74. The van der Waals surface area contributed by atoms with Crippen molar-refractivity contribution in [1.82, 2.24) is 5.48 Å². The zero-order valence-corrected chi connectivity index (χ0v) is 9.16. The maximum Gasteiger partial charge on any atom is 0.145 e. The molecule has 0 heterocycles. The normalized spacial score (nSPS) is 10.1. The van der Waals surface area contributed by atoms with Crippen molar-refractivity contribution in [3.63, 3.8) is 0 Å². The molecule has 0 aliphatic carbocycles. The standard InChI is InChI=1S/C10H16N2O3/c1-13-8-4-7(6-12-15-3)5-9(14-2)10(8)11/h4-5,12H,6,11H2,1-3H3. The van der Waals surface area contributed by atoms with E-state index in [1.54, 1.807) is 21.3 Å². The Morgan fingerprint density at radius 3 is 2.07 bits per heavy atom. The number of methoxy groups -OCH3 is 2. The molecule has 1 aromatic rings. The monoisotopic (exact) mass is 212 g/mol. The van der Waals surface area contributed by atoms with Crippen LogP contribution in [-0.2, 0) is 11.4 Å². The minimum Gasteiger partial charge on any atom is -0.494 e. The lowest BCUT2D eigenvalue weighted by atomic mass is 10.1. The first kappa shape index (κ1) is 11.6. The minimum absolute atomic E-state index is 0.501. The lowest BCUT2D eigenvalue weighted by molar-refractivity contribution is 0.0866. The highest BCUT2D eigenvalue weighted by atomic mass is 16.6. The highest BCUT2D eigenvalue weighted by Gasteiger charge is 2.08. The molecule has 15 heavy (non-hydrogen) atoms. The predicted molar refractivity (Wildman–Crippen MR) is 57.8 cm³/mol. The van der Waals surface area contributed by atoms with Crippen LogP contribution in [0.3, 0.4) is 0 Å². The molecule has 0 aliphatic heterocycles. The second kappa shape index (κ2) is 5.43. The van der Waals surface area contributed by atoms with E-state index in [2.05, 4.69) is 5.48 Å². The second-order valence-corrected chi connectivity index (χ2v) is 2.94. The minimum atomic E-state index is 0.501. The van der Waals surface area contributed by atoms with E-state index in [4.69, 9.17) is 20.0 Å². The first-order valence-corrected chi connectivity index (χ1v) is 4.49. The topological polar surface area (TPSA) is 65.7 Å². The fraction of sp³-hybridized carbons (Fsp3) is 0.400. The molecule has 0 unspecified atom stereocenters. The van der Waals surface area contributed by atoms with Crippen molar-refractivity contribution in [2.24, 2.45) is 0 Å². The lowest BCUT2D eigenvalue weighted by Gasteiger charge is -2.12. The van der Waals surface area contributed by atoms with Crippen LogP contribution >= 0.6 is 0 Å². The third-order valence-electron chi connectivity index (χ3n) is 2.02. The van der Waals surface area contributed by atoms with Crippen LogP contribution in [0.25, 0.3) is 0 Å². The predicted octanol–water partition coefficient (Wildman–Crippen LogP) is 0.937. The number of rotatable bonds is 5. The van der Waals surface area contributed by atoms with Crippen LogP contribution in [0.5, 0.6) is 11.5 Å². The highest BCUT2D eigenvalue weighted by Crippen LogP contribution is 2.32. The summed E-state index contributed by atoms with van der Waals surface area (Å²) < 4.78 is 10.3. The lowest BCUT2D eigenvalue weighted by Crippen LogP contribution is -2.11. The number of hydrogen-bond acceptors (Lipinski definition) is 5. The Morgan fingerprint density at radius 2 is 1.67 bits per heavy atom. The highest BCUT2D eigenvalue weighted by molar-refractivity contribution is 5.64. The molecule has 1 rings (SSSR count). The summed E-state index contributed by atoms with van der Waals surface area (Å²) in [5.41, 5.74) is 10.0. The van der Waals surface area contributed by atoms with Crippen molar-refractivity contribution < 1.29 is 14.3 Å². The molecule has 0 radical (unpaired) electrons. The molecule has 0 amide bonds.